The molecule has 0 aliphatic rings. The van der Waals surface area contributed by atoms with E-state index in [4.69, 9.17) is 5.84 Å². The van der Waals surface area contributed by atoms with Crippen molar-refractivity contribution in [2.24, 2.45) is 5.84 Å². The van der Waals surface area contributed by atoms with Crippen LogP contribution in [0.15, 0.2) is 24.3 Å². The zero-order valence-corrected chi connectivity index (χ0v) is 13.5. The minimum absolute atomic E-state index is 0.109. The Balaban J connectivity index is 2.33. The minimum Gasteiger partial charge on any atom is -0.271 e. The van der Waals surface area contributed by atoms with Crippen molar-refractivity contribution in [2.75, 3.05) is 0 Å². The van der Waals surface area contributed by atoms with Gasteiger partial charge in [-0.1, -0.05) is 25.1 Å². The molecule has 0 saturated heterocycles. The van der Waals surface area contributed by atoms with Gasteiger partial charge in [0.2, 0.25) is 0 Å². The summed E-state index contributed by atoms with van der Waals surface area (Å²) in [6.07, 6.45) is 1.81. The molecule has 1 heterocycles. The number of aryl methyl sites for hydroxylation is 4. The number of aromatic nitrogens is 2. The first-order valence-corrected chi connectivity index (χ1v) is 7.68. The fourth-order valence-electron chi connectivity index (χ4n) is 2.96. The molecule has 0 aliphatic heterocycles. The number of nitrogens with two attached hydrogens (primary N) is 1. The fourth-order valence-corrected chi connectivity index (χ4v) is 2.96. The summed E-state index contributed by atoms with van der Waals surface area (Å²) < 4.78 is 2.08. The molecule has 0 amide bonds. The molecule has 0 radical (unpaired) electrons. The minimum atomic E-state index is 0.109. The van der Waals surface area contributed by atoms with Gasteiger partial charge in [0, 0.05) is 18.7 Å². The van der Waals surface area contributed by atoms with Crippen LogP contribution in [0.5, 0.6) is 0 Å². The number of hydrogen-bond acceptors (Lipinski definition) is 3. The van der Waals surface area contributed by atoms with E-state index in [0.29, 0.717) is 0 Å². The van der Waals surface area contributed by atoms with Gasteiger partial charge in [-0.3, -0.25) is 16.0 Å². The quantitative estimate of drug-likeness (QED) is 0.634. The van der Waals surface area contributed by atoms with E-state index in [9.17, 15) is 0 Å². The summed E-state index contributed by atoms with van der Waals surface area (Å²) in [5.74, 6) is 5.84. The van der Waals surface area contributed by atoms with E-state index in [0.717, 1.165) is 25.1 Å². The van der Waals surface area contributed by atoms with Gasteiger partial charge in [0.1, 0.15) is 0 Å². The molecule has 114 valence electrons. The number of hydrogen-bond donors (Lipinski definition) is 2. The third-order valence-electron chi connectivity index (χ3n) is 4.08. The largest absolute Gasteiger partial charge is 0.271 e. The van der Waals surface area contributed by atoms with Crippen LogP contribution < -0.4 is 11.3 Å². The molecule has 4 nitrogen and oxygen atoms in total. The molecule has 0 bridgehead atoms. The molecule has 2 rings (SSSR count). The van der Waals surface area contributed by atoms with Crippen molar-refractivity contribution in [3.63, 3.8) is 0 Å². The van der Waals surface area contributed by atoms with Gasteiger partial charge in [-0.2, -0.15) is 5.10 Å². The second-order valence-corrected chi connectivity index (χ2v) is 5.53. The summed E-state index contributed by atoms with van der Waals surface area (Å²) in [5.41, 5.74) is 9.21. The Bertz CT molecular complexity index is 581. The summed E-state index contributed by atoms with van der Waals surface area (Å²) >= 11 is 0. The number of benzene rings is 1. The van der Waals surface area contributed by atoms with Gasteiger partial charge in [-0.25, -0.2) is 0 Å². The Labute approximate surface area is 127 Å². The van der Waals surface area contributed by atoms with Crippen molar-refractivity contribution in [3.05, 3.63) is 52.3 Å². The summed E-state index contributed by atoms with van der Waals surface area (Å²) in [6, 6.07) is 8.68. The maximum absolute atomic E-state index is 5.84. The molecule has 1 aromatic carbocycles. The molecule has 0 spiro atoms. The van der Waals surface area contributed by atoms with Crippen molar-refractivity contribution in [1.29, 1.82) is 0 Å². The third-order valence-corrected chi connectivity index (χ3v) is 4.08. The third kappa shape index (κ3) is 3.34. The highest BCUT2D eigenvalue weighted by atomic mass is 15.3. The molecule has 0 aliphatic carbocycles. The van der Waals surface area contributed by atoms with Gasteiger partial charge in [0.05, 0.1) is 11.7 Å². The van der Waals surface area contributed by atoms with E-state index in [-0.39, 0.29) is 6.04 Å². The van der Waals surface area contributed by atoms with E-state index in [1.165, 1.54) is 22.4 Å². The van der Waals surface area contributed by atoms with Crippen LogP contribution in [-0.4, -0.2) is 9.78 Å². The lowest BCUT2D eigenvalue weighted by Crippen LogP contribution is -2.31. The topological polar surface area (TPSA) is 55.9 Å². The second-order valence-electron chi connectivity index (χ2n) is 5.53. The van der Waals surface area contributed by atoms with Gasteiger partial charge < -0.3 is 0 Å². The zero-order chi connectivity index (χ0) is 15.4. The lowest BCUT2D eigenvalue weighted by molar-refractivity contribution is 0.513. The smallest absolute Gasteiger partial charge is 0.0624 e. The Morgan fingerprint density at radius 1 is 1.24 bits per heavy atom. The van der Waals surface area contributed by atoms with Crippen LogP contribution in [0.3, 0.4) is 0 Å². The molecule has 21 heavy (non-hydrogen) atoms. The first-order valence-electron chi connectivity index (χ1n) is 7.68. The van der Waals surface area contributed by atoms with Gasteiger partial charge in [0.15, 0.2) is 0 Å². The molecule has 3 N–H and O–H groups in total. The molecule has 0 saturated carbocycles. The van der Waals surface area contributed by atoms with Gasteiger partial charge >= 0.3 is 0 Å². The second kappa shape index (κ2) is 6.87. The normalized spacial score (nSPS) is 12.6. The first-order chi connectivity index (χ1) is 10.1. The van der Waals surface area contributed by atoms with Crippen LogP contribution in [0.2, 0.25) is 0 Å². The Kier molecular flexibility index (Phi) is 5.15. The summed E-state index contributed by atoms with van der Waals surface area (Å²) in [6.45, 7) is 9.43. The van der Waals surface area contributed by atoms with E-state index < -0.39 is 0 Å². The molecular weight excluding hydrogens is 260 g/mol. The van der Waals surface area contributed by atoms with Crippen LogP contribution in [-0.2, 0) is 19.4 Å². The zero-order valence-electron chi connectivity index (χ0n) is 13.5. The standard InChI is InChI=1S/C17H26N4/c1-5-14-10-15(21(6-2)20-14)11-16(19-18)17-12(3)8-7-9-13(17)4/h7-10,16,19H,5-6,11,18H2,1-4H3. The molecule has 1 unspecified atom stereocenters. The highest BCUT2D eigenvalue weighted by Gasteiger charge is 2.18. The average Bonchev–Trinajstić information content (AvgIpc) is 2.88. The predicted octanol–water partition coefficient (Wildman–Crippen LogP) is 2.83. The highest BCUT2D eigenvalue weighted by molar-refractivity contribution is 5.37. The molecule has 1 atom stereocenters. The van der Waals surface area contributed by atoms with Crippen molar-refractivity contribution >= 4 is 0 Å². The van der Waals surface area contributed by atoms with Crippen molar-refractivity contribution in [2.45, 2.75) is 53.1 Å². The van der Waals surface area contributed by atoms with Crippen LogP contribution >= 0.6 is 0 Å². The van der Waals surface area contributed by atoms with E-state index in [2.05, 4.69) is 67.2 Å². The van der Waals surface area contributed by atoms with E-state index in [1.54, 1.807) is 0 Å². The van der Waals surface area contributed by atoms with Crippen molar-refractivity contribution in [1.82, 2.24) is 15.2 Å². The van der Waals surface area contributed by atoms with Crippen LogP contribution in [0.4, 0.5) is 0 Å². The van der Waals surface area contributed by atoms with Gasteiger partial charge in [-0.05, 0) is 49.9 Å². The number of rotatable bonds is 6. The van der Waals surface area contributed by atoms with Gasteiger partial charge in [0.25, 0.3) is 0 Å². The summed E-state index contributed by atoms with van der Waals surface area (Å²) in [4.78, 5) is 0. The molecule has 2 aromatic rings. The summed E-state index contributed by atoms with van der Waals surface area (Å²) in [7, 11) is 0. The van der Waals surface area contributed by atoms with Crippen LogP contribution in [0.1, 0.15) is 48.0 Å². The lowest BCUT2D eigenvalue weighted by atomic mass is 9.93. The Morgan fingerprint density at radius 3 is 2.43 bits per heavy atom. The molecule has 0 fully saturated rings. The lowest BCUT2D eigenvalue weighted by Gasteiger charge is -2.21. The van der Waals surface area contributed by atoms with E-state index in [1.807, 2.05) is 0 Å². The SMILES string of the molecule is CCc1cc(CC(NN)c2c(C)cccc2C)n(CC)n1. The molecular formula is C17H26N4. The highest BCUT2D eigenvalue weighted by Crippen LogP contribution is 2.25. The van der Waals surface area contributed by atoms with E-state index >= 15 is 0 Å². The van der Waals surface area contributed by atoms with Crippen molar-refractivity contribution < 1.29 is 0 Å². The fraction of sp³-hybridized carbons (Fsp3) is 0.471. The summed E-state index contributed by atoms with van der Waals surface area (Å²) in [5, 5.41) is 4.62. The van der Waals surface area contributed by atoms with Crippen LogP contribution in [0.25, 0.3) is 0 Å². The maximum Gasteiger partial charge on any atom is 0.0624 e. The number of nitrogens with one attached hydrogen (secondary N) is 1. The first kappa shape index (κ1) is 15.7. The van der Waals surface area contributed by atoms with Crippen molar-refractivity contribution in [3.8, 4) is 0 Å². The molecule has 1 aromatic heterocycles. The monoisotopic (exact) mass is 286 g/mol. The predicted molar refractivity (Wildman–Crippen MR) is 87.0 cm³/mol. The Hall–Kier alpha value is -1.65. The maximum atomic E-state index is 5.84. The van der Waals surface area contributed by atoms with Gasteiger partial charge in [-0.15, -0.1) is 0 Å². The number of nitrogens with zero attached hydrogens (tertiary/aromatic N) is 2. The Morgan fingerprint density at radius 2 is 1.90 bits per heavy atom. The number of hydrazine groups is 1. The van der Waals surface area contributed by atoms with Crippen LogP contribution in [0, 0.1) is 13.8 Å². The molecule has 4 heteroatoms. The average molecular weight is 286 g/mol.